The van der Waals surface area contributed by atoms with Crippen LogP contribution in [0, 0.1) is 12.3 Å². The van der Waals surface area contributed by atoms with Crippen molar-refractivity contribution >= 4 is 5.84 Å². The van der Waals surface area contributed by atoms with Crippen molar-refractivity contribution in [3.05, 3.63) is 66.0 Å². The smallest absolute Gasteiger partial charge is 0.157 e. The van der Waals surface area contributed by atoms with Crippen molar-refractivity contribution in [1.29, 1.82) is 5.41 Å². The Morgan fingerprint density at radius 1 is 0.950 bits per heavy atom. The zero-order chi connectivity index (χ0) is 13.9. The van der Waals surface area contributed by atoms with Gasteiger partial charge in [0.2, 0.25) is 0 Å². The van der Waals surface area contributed by atoms with Crippen molar-refractivity contribution < 1.29 is 0 Å². The average molecular weight is 263 g/mol. The maximum Gasteiger partial charge on any atom is 0.157 e. The Hall–Kier alpha value is -2.82. The summed E-state index contributed by atoms with van der Waals surface area (Å²) in [6.45, 7) is 1.77. The second-order valence-corrected chi connectivity index (χ2v) is 4.43. The van der Waals surface area contributed by atoms with Crippen molar-refractivity contribution in [2.24, 2.45) is 0 Å². The summed E-state index contributed by atoms with van der Waals surface area (Å²) >= 11 is 0. The van der Waals surface area contributed by atoms with Crippen LogP contribution in [0.25, 0.3) is 11.1 Å². The summed E-state index contributed by atoms with van der Waals surface area (Å²) in [7, 11) is 0. The van der Waals surface area contributed by atoms with E-state index in [-0.39, 0.29) is 5.84 Å². The van der Waals surface area contributed by atoms with E-state index in [0.29, 0.717) is 5.82 Å². The molecule has 3 aromatic rings. The van der Waals surface area contributed by atoms with Gasteiger partial charge in [-0.05, 0) is 28.5 Å². The van der Waals surface area contributed by atoms with Gasteiger partial charge in [-0.25, -0.2) is 0 Å². The number of tetrazole rings is 1. The van der Waals surface area contributed by atoms with E-state index in [1.54, 1.807) is 6.92 Å². The summed E-state index contributed by atoms with van der Waals surface area (Å²) in [6.07, 6.45) is 0. The first-order chi connectivity index (χ1) is 9.75. The van der Waals surface area contributed by atoms with Gasteiger partial charge in [-0.2, -0.15) is 4.68 Å². The quantitative estimate of drug-likeness (QED) is 0.570. The van der Waals surface area contributed by atoms with E-state index in [2.05, 4.69) is 27.7 Å². The van der Waals surface area contributed by atoms with Crippen LogP contribution in [0.1, 0.15) is 11.4 Å². The molecule has 3 rings (SSSR count). The van der Waals surface area contributed by atoms with Crippen LogP contribution in [-0.4, -0.2) is 26.0 Å². The zero-order valence-electron chi connectivity index (χ0n) is 11.0. The van der Waals surface area contributed by atoms with Crippen molar-refractivity contribution in [3.63, 3.8) is 0 Å². The lowest BCUT2D eigenvalue weighted by molar-refractivity contribution is 0.809. The predicted molar refractivity (Wildman–Crippen MR) is 76.7 cm³/mol. The van der Waals surface area contributed by atoms with E-state index in [4.69, 9.17) is 5.41 Å². The lowest BCUT2D eigenvalue weighted by atomic mass is 10.0. The fourth-order valence-electron chi connectivity index (χ4n) is 2.01. The lowest BCUT2D eigenvalue weighted by Gasteiger charge is -2.06. The number of aromatic nitrogens is 4. The molecular weight excluding hydrogens is 250 g/mol. The summed E-state index contributed by atoms with van der Waals surface area (Å²) in [5.41, 5.74) is 3.06. The highest BCUT2D eigenvalue weighted by Crippen LogP contribution is 2.19. The highest BCUT2D eigenvalue weighted by molar-refractivity contribution is 5.98. The lowest BCUT2D eigenvalue weighted by Crippen LogP contribution is -2.15. The highest BCUT2D eigenvalue weighted by atomic mass is 15.5. The summed E-state index contributed by atoms with van der Waals surface area (Å²) in [6, 6.07) is 18.0. The van der Waals surface area contributed by atoms with Gasteiger partial charge in [0.1, 0.15) is 0 Å². The Bertz CT molecular complexity index is 728. The van der Waals surface area contributed by atoms with Gasteiger partial charge in [-0.3, -0.25) is 5.41 Å². The Balaban J connectivity index is 1.91. The Morgan fingerprint density at radius 3 is 2.20 bits per heavy atom. The van der Waals surface area contributed by atoms with Gasteiger partial charge in [0.15, 0.2) is 11.7 Å². The number of nitrogens with zero attached hydrogens (tertiary/aromatic N) is 4. The van der Waals surface area contributed by atoms with Crippen molar-refractivity contribution in [2.75, 3.05) is 0 Å². The summed E-state index contributed by atoms with van der Waals surface area (Å²) in [5, 5.41) is 19.3. The first-order valence-electron chi connectivity index (χ1n) is 6.25. The molecule has 0 unspecified atom stereocenters. The summed E-state index contributed by atoms with van der Waals surface area (Å²) < 4.78 is 1.41. The van der Waals surface area contributed by atoms with Gasteiger partial charge in [0.25, 0.3) is 0 Å². The second-order valence-electron chi connectivity index (χ2n) is 4.43. The van der Waals surface area contributed by atoms with E-state index in [1.807, 2.05) is 42.5 Å². The van der Waals surface area contributed by atoms with Crippen LogP contribution in [0.3, 0.4) is 0 Å². The monoisotopic (exact) mass is 263 g/mol. The van der Waals surface area contributed by atoms with Gasteiger partial charge >= 0.3 is 0 Å². The van der Waals surface area contributed by atoms with Crippen LogP contribution in [0.2, 0.25) is 0 Å². The molecule has 0 fully saturated rings. The molecule has 98 valence electrons. The molecule has 1 aromatic heterocycles. The van der Waals surface area contributed by atoms with Gasteiger partial charge in [0, 0.05) is 5.56 Å². The number of rotatable bonds is 2. The minimum atomic E-state index is 0.270. The third kappa shape index (κ3) is 2.21. The van der Waals surface area contributed by atoms with Crippen LogP contribution >= 0.6 is 0 Å². The molecule has 1 heterocycles. The van der Waals surface area contributed by atoms with Gasteiger partial charge in [0.05, 0.1) is 0 Å². The maximum atomic E-state index is 8.12. The third-order valence-corrected chi connectivity index (χ3v) is 3.10. The number of aryl methyl sites for hydroxylation is 1. The molecule has 1 N–H and O–H groups in total. The molecule has 0 aliphatic rings. The number of hydrogen-bond donors (Lipinski definition) is 1. The van der Waals surface area contributed by atoms with E-state index in [1.165, 1.54) is 4.68 Å². The normalized spacial score (nSPS) is 10.4. The van der Waals surface area contributed by atoms with Gasteiger partial charge < -0.3 is 0 Å². The van der Waals surface area contributed by atoms with E-state index < -0.39 is 0 Å². The Morgan fingerprint density at radius 2 is 1.60 bits per heavy atom. The number of hydrogen-bond acceptors (Lipinski definition) is 4. The van der Waals surface area contributed by atoms with Crippen LogP contribution in [0.4, 0.5) is 0 Å². The first kappa shape index (κ1) is 12.2. The second kappa shape index (κ2) is 5.05. The highest BCUT2D eigenvalue weighted by Gasteiger charge is 2.09. The fraction of sp³-hybridized carbons (Fsp3) is 0.0667. The molecule has 0 saturated heterocycles. The molecule has 5 heteroatoms. The SMILES string of the molecule is Cc1nnnn1C(=N)c1ccc(-c2ccccc2)cc1. The molecule has 0 spiro atoms. The fourth-order valence-corrected chi connectivity index (χ4v) is 2.01. The minimum absolute atomic E-state index is 0.270. The van der Waals surface area contributed by atoms with Crippen molar-refractivity contribution in [2.45, 2.75) is 6.92 Å². The maximum absolute atomic E-state index is 8.12. The first-order valence-corrected chi connectivity index (χ1v) is 6.25. The average Bonchev–Trinajstić information content (AvgIpc) is 2.94. The largest absolute Gasteiger partial charge is 0.282 e. The summed E-state index contributed by atoms with van der Waals surface area (Å²) in [4.78, 5) is 0. The van der Waals surface area contributed by atoms with E-state index in [0.717, 1.165) is 16.7 Å². The minimum Gasteiger partial charge on any atom is -0.282 e. The Kier molecular flexibility index (Phi) is 3.09. The molecule has 0 bridgehead atoms. The zero-order valence-corrected chi connectivity index (χ0v) is 11.0. The molecular formula is C15H13N5. The molecule has 20 heavy (non-hydrogen) atoms. The molecule has 0 amide bonds. The van der Waals surface area contributed by atoms with Gasteiger partial charge in [-0.1, -0.05) is 54.6 Å². The molecule has 0 saturated carbocycles. The topological polar surface area (TPSA) is 67.5 Å². The molecule has 0 aliphatic carbocycles. The van der Waals surface area contributed by atoms with Gasteiger partial charge in [-0.15, -0.1) is 5.10 Å². The molecule has 2 aromatic carbocycles. The number of nitrogens with one attached hydrogen (secondary N) is 1. The van der Waals surface area contributed by atoms with Crippen LogP contribution in [0.5, 0.6) is 0 Å². The van der Waals surface area contributed by atoms with Crippen LogP contribution in [-0.2, 0) is 0 Å². The van der Waals surface area contributed by atoms with E-state index in [9.17, 15) is 0 Å². The molecule has 0 aliphatic heterocycles. The molecule has 0 atom stereocenters. The molecule has 0 radical (unpaired) electrons. The van der Waals surface area contributed by atoms with Crippen molar-refractivity contribution in [1.82, 2.24) is 20.2 Å². The third-order valence-electron chi connectivity index (χ3n) is 3.10. The standard InChI is InChI=1S/C15H13N5/c1-11-17-18-19-20(11)15(16)14-9-7-13(8-10-14)12-5-3-2-4-6-12/h2-10,16H,1H3. The van der Waals surface area contributed by atoms with Crippen LogP contribution < -0.4 is 0 Å². The van der Waals surface area contributed by atoms with Crippen LogP contribution in [0.15, 0.2) is 54.6 Å². The summed E-state index contributed by atoms with van der Waals surface area (Å²) in [5.74, 6) is 0.870. The number of benzene rings is 2. The molecule has 5 nitrogen and oxygen atoms in total. The predicted octanol–water partition coefficient (Wildman–Crippen LogP) is 2.52. The van der Waals surface area contributed by atoms with E-state index >= 15 is 0 Å². The Labute approximate surface area is 116 Å². The van der Waals surface area contributed by atoms with Crippen molar-refractivity contribution in [3.8, 4) is 11.1 Å².